The average Bonchev–Trinajstić information content (AvgIpc) is 2.62. The van der Waals surface area contributed by atoms with Crippen molar-refractivity contribution in [2.45, 2.75) is 39.5 Å². The molecular weight excluding hydrogens is 334 g/mol. The maximum Gasteiger partial charge on any atom is 0.229 e. The Labute approximate surface area is 154 Å². The van der Waals surface area contributed by atoms with Crippen LogP contribution in [0.3, 0.4) is 0 Å². The molecule has 1 saturated heterocycles. The van der Waals surface area contributed by atoms with Gasteiger partial charge in [0.1, 0.15) is 5.75 Å². The Bertz CT molecular complexity index is 675. The fourth-order valence-corrected chi connectivity index (χ4v) is 3.11. The molecular formula is C19H27N3O4. The number of carbonyl (C=O) groups is 3. The Kier molecular flexibility index (Phi) is 7.00. The zero-order valence-electron chi connectivity index (χ0n) is 15.6. The SMILES string of the molecule is CCCC(=O)N1CCCC(C(=O)Nc2cc(NC(C)=O)ccc2OC)C1. The Morgan fingerprint density at radius 3 is 2.69 bits per heavy atom. The minimum absolute atomic E-state index is 0.107. The van der Waals surface area contributed by atoms with Crippen molar-refractivity contribution < 1.29 is 19.1 Å². The van der Waals surface area contributed by atoms with Gasteiger partial charge >= 0.3 is 0 Å². The maximum absolute atomic E-state index is 12.7. The van der Waals surface area contributed by atoms with E-state index in [9.17, 15) is 14.4 Å². The van der Waals surface area contributed by atoms with Gasteiger partial charge in [0.05, 0.1) is 18.7 Å². The Morgan fingerprint density at radius 2 is 2.04 bits per heavy atom. The van der Waals surface area contributed by atoms with Crippen LogP contribution in [0.15, 0.2) is 18.2 Å². The van der Waals surface area contributed by atoms with Crippen LogP contribution in [0.25, 0.3) is 0 Å². The molecule has 1 aromatic rings. The van der Waals surface area contributed by atoms with Crippen molar-refractivity contribution in [1.82, 2.24) is 4.90 Å². The molecule has 3 amide bonds. The number of likely N-dealkylation sites (tertiary alicyclic amines) is 1. The molecule has 0 aliphatic carbocycles. The second-order valence-electron chi connectivity index (χ2n) is 6.51. The minimum atomic E-state index is -0.251. The summed E-state index contributed by atoms with van der Waals surface area (Å²) < 4.78 is 5.29. The number of hydrogen-bond donors (Lipinski definition) is 2. The van der Waals surface area contributed by atoms with E-state index in [2.05, 4.69) is 10.6 Å². The average molecular weight is 361 g/mol. The van der Waals surface area contributed by atoms with Gasteiger partial charge in [-0.1, -0.05) is 6.92 Å². The number of anilines is 2. The molecule has 0 aromatic heterocycles. The van der Waals surface area contributed by atoms with Crippen LogP contribution in [-0.2, 0) is 14.4 Å². The predicted octanol–water partition coefficient (Wildman–Crippen LogP) is 2.63. The summed E-state index contributed by atoms with van der Waals surface area (Å²) in [5.74, 6) is 0.0400. The molecule has 0 saturated carbocycles. The molecule has 1 unspecified atom stereocenters. The number of nitrogens with one attached hydrogen (secondary N) is 2. The molecule has 1 aromatic carbocycles. The number of amides is 3. The van der Waals surface area contributed by atoms with Gasteiger partial charge in [-0.05, 0) is 37.5 Å². The Morgan fingerprint density at radius 1 is 1.27 bits per heavy atom. The van der Waals surface area contributed by atoms with Crippen molar-refractivity contribution in [2.75, 3.05) is 30.8 Å². The van der Waals surface area contributed by atoms with Crippen LogP contribution in [0.4, 0.5) is 11.4 Å². The lowest BCUT2D eigenvalue weighted by Crippen LogP contribution is -2.43. The molecule has 1 heterocycles. The van der Waals surface area contributed by atoms with Gasteiger partial charge in [-0.3, -0.25) is 14.4 Å². The number of rotatable bonds is 6. The number of nitrogens with zero attached hydrogens (tertiary/aromatic N) is 1. The fourth-order valence-electron chi connectivity index (χ4n) is 3.11. The van der Waals surface area contributed by atoms with Gasteiger partial charge in [-0.15, -0.1) is 0 Å². The van der Waals surface area contributed by atoms with Gasteiger partial charge in [-0.25, -0.2) is 0 Å². The van der Waals surface area contributed by atoms with Crippen LogP contribution < -0.4 is 15.4 Å². The number of piperidine rings is 1. The summed E-state index contributed by atoms with van der Waals surface area (Å²) in [5, 5.41) is 5.57. The maximum atomic E-state index is 12.7. The van der Waals surface area contributed by atoms with Gasteiger partial charge in [-0.2, -0.15) is 0 Å². The standard InChI is InChI=1S/C19H27N3O4/c1-4-6-18(24)22-10-5-7-14(12-22)19(25)21-16-11-15(20-13(2)23)8-9-17(16)26-3/h8-9,11,14H,4-7,10,12H2,1-3H3,(H,20,23)(H,21,25). The van der Waals surface area contributed by atoms with Crippen LogP contribution in [0.1, 0.15) is 39.5 Å². The number of carbonyl (C=O) groups excluding carboxylic acids is 3. The van der Waals surface area contributed by atoms with Crippen molar-refractivity contribution in [3.05, 3.63) is 18.2 Å². The molecule has 0 spiro atoms. The third-order valence-electron chi connectivity index (χ3n) is 4.39. The van der Waals surface area contributed by atoms with E-state index in [4.69, 9.17) is 4.74 Å². The van der Waals surface area contributed by atoms with Gasteiger partial charge < -0.3 is 20.3 Å². The molecule has 1 aliphatic rings. The summed E-state index contributed by atoms with van der Waals surface area (Å²) in [5.41, 5.74) is 1.08. The largest absolute Gasteiger partial charge is 0.495 e. The van der Waals surface area contributed by atoms with Gasteiger partial charge in [0.25, 0.3) is 0 Å². The van der Waals surface area contributed by atoms with Crippen molar-refractivity contribution in [1.29, 1.82) is 0 Å². The van der Waals surface area contributed by atoms with Crippen LogP contribution in [-0.4, -0.2) is 42.8 Å². The number of hydrogen-bond acceptors (Lipinski definition) is 4. The molecule has 26 heavy (non-hydrogen) atoms. The van der Waals surface area contributed by atoms with Crippen LogP contribution in [0, 0.1) is 5.92 Å². The first-order valence-corrected chi connectivity index (χ1v) is 8.98. The zero-order chi connectivity index (χ0) is 19.1. The molecule has 0 radical (unpaired) electrons. The minimum Gasteiger partial charge on any atom is -0.495 e. The van der Waals surface area contributed by atoms with E-state index in [-0.39, 0.29) is 23.6 Å². The third kappa shape index (κ3) is 5.21. The van der Waals surface area contributed by atoms with E-state index < -0.39 is 0 Å². The first kappa shape index (κ1) is 19.8. The van der Waals surface area contributed by atoms with Crippen LogP contribution >= 0.6 is 0 Å². The van der Waals surface area contributed by atoms with Crippen molar-refractivity contribution >= 4 is 29.1 Å². The fraction of sp³-hybridized carbons (Fsp3) is 0.526. The second kappa shape index (κ2) is 9.22. The molecule has 1 atom stereocenters. The summed E-state index contributed by atoms with van der Waals surface area (Å²) in [7, 11) is 1.52. The molecule has 2 N–H and O–H groups in total. The summed E-state index contributed by atoms with van der Waals surface area (Å²) in [6.45, 7) is 4.55. The summed E-state index contributed by atoms with van der Waals surface area (Å²) >= 11 is 0. The summed E-state index contributed by atoms with van der Waals surface area (Å²) in [4.78, 5) is 37.8. The highest BCUT2D eigenvalue weighted by Gasteiger charge is 2.28. The highest BCUT2D eigenvalue weighted by molar-refractivity contribution is 5.96. The molecule has 1 aliphatic heterocycles. The topological polar surface area (TPSA) is 87.7 Å². The lowest BCUT2D eigenvalue weighted by molar-refractivity contribution is -0.134. The number of benzene rings is 1. The third-order valence-corrected chi connectivity index (χ3v) is 4.39. The van der Waals surface area contributed by atoms with E-state index in [1.54, 1.807) is 23.1 Å². The first-order chi connectivity index (χ1) is 12.4. The molecule has 142 valence electrons. The van der Waals surface area contributed by atoms with Crippen LogP contribution in [0.5, 0.6) is 5.75 Å². The highest BCUT2D eigenvalue weighted by Crippen LogP contribution is 2.29. The smallest absolute Gasteiger partial charge is 0.229 e. The molecule has 7 nitrogen and oxygen atoms in total. The Hall–Kier alpha value is -2.57. The first-order valence-electron chi connectivity index (χ1n) is 8.98. The monoisotopic (exact) mass is 361 g/mol. The molecule has 1 fully saturated rings. The lowest BCUT2D eigenvalue weighted by atomic mass is 9.96. The second-order valence-corrected chi connectivity index (χ2v) is 6.51. The zero-order valence-corrected chi connectivity index (χ0v) is 15.6. The van der Waals surface area contributed by atoms with E-state index in [0.717, 1.165) is 19.3 Å². The lowest BCUT2D eigenvalue weighted by Gasteiger charge is -2.32. The predicted molar refractivity (Wildman–Crippen MR) is 100 cm³/mol. The quantitative estimate of drug-likeness (QED) is 0.815. The number of methoxy groups -OCH3 is 1. The number of ether oxygens (including phenoxy) is 1. The van der Waals surface area contributed by atoms with Gasteiger partial charge in [0, 0.05) is 32.1 Å². The van der Waals surface area contributed by atoms with Gasteiger partial charge in [0.2, 0.25) is 17.7 Å². The van der Waals surface area contributed by atoms with Crippen molar-refractivity contribution in [3.63, 3.8) is 0 Å². The molecule has 0 bridgehead atoms. The van der Waals surface area contributed by atoms with Crippen molar-refractivity contribution in [3.8, 4) is 5.75 Å². The van der Waals surface area contributed by atoms with E-state index in [0.29, 0.717) is 36.6 Å². The van der Waals surface area contributed by atoms with Crippen LogP contribution in [0.2, 0.25) is 0 Å². The van der Waals surface area contributed by atoms with Gasteiger partial charge in [0.15, 0.2) is 0 Å². The summed E-state index contributed by atoms with van der Waals surface area (Å²) in [6.07, 6.45) is 2.88. The van der Waals surface area contributed by atoms with E-state index >= 15 is 0 Å². The van der Waals surface area contributed by atoms with Crippen molar-refractivity contribution in [2.24, 2.45) is 5.92 Å². The normalized spacial score (nSPS) is 16.7. The highest BCUT2D eigenvalue weighted by atomic mass is 16.5. The Balaban J connectivity index is 2.08. The van der Waals surface area contributed by atoms with E-state index in [1.165, 1.54) is 14.0 Å². The molecule has 7 heteroatoms. The summed E-state index contributed by atoms with van der Waals surface area (Å²) in [6, 6.07) is 5.07. The molecule has 2 rings (SSSR count). The van der Waals surface area contributed by atoms with E-state index in [1.807, 2.05) is 6.92 Å².